The molecule has 1 fully saturated rings. The van der Waals surface area contributed by atoms with Crippen LogP contribution in [0.25, 0.3) is 0 Å². The van der Waals surface area contributed by atoms with E-state index < -0.39 is 0 Å². The highest BCUT2D eigenvalue weighted by Crippen LogP contribution is 2.17. The minimum absolute atomic E-state index is 0.118. The van der Waals surface area contributed by atoms with E-state index in [0.29, 0.717) is 5.56 Å². The summed E-state index contributed by atoms with van der Waals surface area (Å²) >= 11 is 0. The summed E-state index contributed by atoms with van der Waals surface area (Å²) in [4.78, 5) is 14.2. The first kappa shape index (κ1) is 15.0. The third-order valence-corrected chi connectivity index (χ3v) is 3.91. The lowest BCUT2D eigenvalue weighted by molar-refractivity contribution is -0.134. The number of rotatable bonds is 4. The number of hydrogen-bond donors (Lipinski definition) is 1. The van der Waals surface area contributed by atoms with Crippen LogP contribution in [-0.2, 0) is 4.79 Å². The van der Waals surface area contributed by atoms with Gasteiger partial charge in [-0.05, 0) is 39.2 Å². The van der Waals surface area contributed by atoms with E-state index in [4.69, 9.17) is 0 Å². The van der Waals surface area contributed by atoms with E-state index in [2.05, 4.69) is 5.32 Å². The van der Waals surface area contributed by atoms with Gasteiger partial charge in [-0.1, -0.05) is 18.2 Å². The number of hydrogen-bond acceptors (Lipinski definition) is 2. The Labute approximate surface area is 120 Å². The summed E-state index contributed by atoms with van der Waals surface area (Å²) in [6, 6.07) is 6.22. The Kier molecular flexibility index (Phi) is 5.12. The van der Waals surface area contributed by atoms with Crippen molar-refractivity contribution in [2.75, 3.05) is 13.1 Å². The number of benzene rings is 1. The average molecular weight is 278 g/mol. The van der Waals surface area contributed by atoms with E-state index in [0.717, 1.165) is 25.9 Å². The van der Waals surface area contributed by atoms with Crippen LogP contribution in [0.3, 0.4) is 0 Å². The largest absolute Gasteiger partial charge is 0.341 e. The fourth-order valence-corrected chi connectivity index (χ4v) is 2.75. The minimum Gasteiger partial charge on any atom is -0.341 e. The number of carbonyl (C=O) groups excluding carboxylic acids is 1. The molecule has 2 unspecified atom stereocenters. The van der Waals surface area contributed by atoms with Gasteiger partial charge in [0.1, 0.15) is 5.82 Å². The van der Waals surface area contributed by atoms with Crippen LogP contribution in [0.15, 0.2) is 24.3 Å². The molecular weight excluding hydrogens is 255 g/mol. The van der Waals surface area contributed by atoms with Crippen molar-refractivity contribution in [2.45, 2.75) is 45.2 Å². The average Bonchev–Trinajstić information content (AvgIpc) is 2.47. The molecule has 0 aliphatic carbocycles. The number of carbonyl (C=O) groups is 1. The molecule has 2 atom stereocenters. The van der Waals surface area contributed by atoms with Crippen LogP contribution in [0, 0.1) is 5.82 Å². The summed E-state index contributed by atoms with van der Waals surface area (Å²) in [5.74, 6) is -0.113. The number of halogens is 1. The Morgan fingerprint density at radius 2 is 1.85 bits per heavy atom. The second-order valence-corrected chi connectivity index (χ2v) is 5.52. The van der Waals surface area contributed by atoms with Crippen molar-refractivity contribution in [3.05, 3.63) is 35.6 Å². The van der Waals surface area contributed by atoms with E-state index in [-0.39, 0.29) is 23.8 Å². The standard InChI is InChI=1S/C16H23FN2O/c1-12(14-8-4-5-9-15(14)17)18-13(2)16(20)19-10-6-3-7-11-19/h4-5,8-9,12-13,18H,3,6-7,10-11H2,1-2H3. The van der Waals surface area contributed by atoms with E-state index in [1.165, 1.54) is 12.5 Å². The molecule has 1 aliphatic heterocycles. The van der Waals surface area contributed by atoms with Crippen molar-refractivity contribution in [3.63, 3.8) is 0 Å². The fraction of sp³-hybridized carbons (Fsp3) is 0.562. The van der Waals surface area contributed by atoms with Crippen molar-refractivity contribution in [2.24, 2.45) is 0 Å². The predicted octanol–water partition coefficient (Wildman–Crippen LogP) is 2.88. The molecule has 1 heterocycles. The minimum atomic E-state index is -0.289. The van der Waals surface area contributed by atoms with Crippen LogP contribution >= 0.6 is 0 Å². The molecule has 110 valence electrons. The van der Waals surface area contributed by atoms with Gasteiger partial charge in [-0.2, -0.15) is 0 Å². The number of amides is 1. The van der Waals surface area contributed by atoms with E-state index in [9.17, 15) is 9.18 Å². The van der Waals surface area contributed by atoms with Crippen molar-refractivity contribution >= 4 is 5.91 Å². The van der Waals surface area contributed by atoms with Crippen LogP contribution in [0.4, 0.5) is 4.39 Å². The SMILES string of the molecule is CC(NC(C)c1ccccc1F)C(=O)N1CCCCC1. The normalized spacial score (nSPS) is 18.6. The zero-order valence-corrected chi connectivity index (χ0v) is 12.2. The van der Waals surface area contributed by atoms with Gasteiger partial charge in [0.25, 0.3) is 0 Å². The smallest absolute Gasteiger partial charge is 0.239 e. The van der Waals surface area contributed by atoms with Crippen LogP contribution in [0.1, 0.15) is 44.7 Å². The van der Waals surface area contributed by atoms with Crippen LogP contribution in [0.2, 0.25) is 0 Å². The molecule has 0 saturated carbocycles. The van der Waals surface area contributed by atoms with Crippen molar-refractivity contribution in [1.82, 2.24) is 10.2 Å². The van der Waals surface area contributed by atoms with Gasteiger partial charge in [-0.3, -0.25) is 10.1 Å². The quantitative estimate of drug-likeness (QED) is 0.918. The lowest BCUT2D eigenvalue weighted by atomic mass is 10.1. The Morgan fingerprint density at radius 1 is 1.20 bits per heavy atom. The van der Waals surface area contributed by atoms with Gasteiger partial charge in [0.2, 0.25) is 5.91 Å². The maximum atomic E-state index is 13.7. The monoisotopic (exact) mass is 278 g/mol. The topological polar surface area (TPSA) is 32.3 Å². The molecule has 0 bridgehead atoms. The van der Waals surface area contributed by atoms with Crippen molar-refractivity contribution < 1.29 is 9.18 Å². The summed E-state index contributed by atoms with van der Waals surface area (Å²) in [7, 11) is 0. The molecule has 2 rings (SSSR count). The van der Waals surface area contributed by atoms with Gasteiger partial charge in [0, 0.05) is 24.7 Å². The summed E-state index contributed by atoms with van der Waals surface area (Å²) in [6.07, 6.45) is 3.37. The molecule has 0 radical (unpaired) electrons. The first-order chi connectivity index (χ1) is 9.59. The first-order valence-electron chi connectivity index (χ1n) is 7.39. The molecule has 1 aromatic carbocycles. The molecule has 0 aromatic heterocycles. The lowest BCUT2D eigenvalue weighted by Crippen LogP contribution is -2.47. The molecule has 1 N–H and O–H groups in total. The summed E-state index contributed by atoms with van der Waals surface area (Å²) in [5, 5.41) is 3.20. The van der Waals surface area contributed by atoms with Gasteiger partial charge >= 0.3 is 0 Å². The predicted molar refractivity (Wildman–Crippen MR) is 77.8 cm³/mol. The zero-order valence-electron chi connectivity index (χ0n) is 12.2. The number of likely N-dealkylation sites (tertiary alicyclic amines) is 1. The summed E-state index contributed by atoms with van der Waals surface area (Å²) in [6.45, 7) is 5.44. The highest BCUT2D eigenvalue weighted by Gasteiger charge is 2.23. The fourth-order valence-electron chi connectivity index (χ4n) is 2.75. The zero-order chi connectivity index (χ0) is 14.5. The summed E-state index contributed by atoms with van der Waals surface area (Å²) in [5.41, 5.74) is 0.603. The van der Waals surface area contributed by atoms with E-state index in [1.54, 1.807) is 12.1 Å². The van der Waals surface area contributed by atoms with Crippen LogP contribution < -0.4 is 5.32 Å². The van der Waals surface area contributed by atoms with Crippen LogP contribution in [-0.4, -0.2) is 29.9 Å². The molecule has 0 spiro atoms. The molecule has 1 saturated heterocycles. The molecule has 1 amide bonds. The van der Waals surface area contributed by atoms with Gasteiger partial charge in [0.15, 0.2) is 0 Å². The Balaban J connectivity index is 1.95. The Morgan fingerprint density at radius 3 is 2.50 bits per heavy atom. The Hall–Kier alpha value is -1.42. The van der Waals surface area contributed by atoms with Gasteiger partial charge in [-0.25, -0.2) is 4.39 Å². The number of nitrogens with zero attached hydrogens (tertiary/aromatic N) is 1. The third-order valence-electron chi connectivity index (χ3n) is 3.91. The molecular formula is C16H23FN2O. The molecule has 20 heavy (non-hydrogen) atoms. The van der Waals surface area contributed by atoms with E-state index >= 15 is 0 Å². The Bertz CT molecular complexity index is 458. The van der Waals surface area contributed by atoms with Gasteiger partial charge in [0.05, 0.1) is 6.04 Å². The number of piperidine rings is 1. The van der Waals surface area contributed by atoms with Gasteiger partial charge in [-0.15, -0.1) is 0 Å². The van der Waals surface area contributed by atoms with Crippen LogP contribution in [0.5, 0.6) is 0 Å². The molecule has 3 nitrogen and oxygen atoms in total. The second-order valence-electron chi connectivity index (χ2n) is 5.52. The molecule has 1 aromatic rings. The highest BCUT2D eigenvalue weighted by molar-refractivity contribution is 5.81. The van der Waals surface area contributed by atoms with E-state index in [1.807, 2.05) is 24.8 Å². The van der Waals surface area contributed by atoms with Crippen molar-refractivity contribution in [3.8, 4) is 0 Å². The maximum absolute atomic E-state index is 13.7. The molecule has 1 aliphatic rings. The third kappa shape index (κ3) is 3.57. The van der Waals surface area contributed by atoms with Crippen molar-refractivity contribution in [1.29, 1.82) is 0 Å². The first-order valence-corrected chi connectivity index (χ1v) is 7.39. The lowest BCUT2D eigenvalue weighted by Gasteiger charge is -2.30. The number of nitrogens with one attached hydrogen (secondary N) is 1. The summed E-state index contributed by atoms with van der Waals surface area (Å²) < 4.78 is 13.7. The highest BCUT2D eigenvalue weighted by atomic mass is 19.1. The second kappa shape index (κ2) is 6.84. The molecule has 4 heteroatoms. The van der Waals surface area contributed by atoms with Gasteiger partial charge < -0.3 is 4.90 Å². The maximum Gasteiger partial charge on any atom is 0.239 e.